The Labute approximate surface area is 218 Å². The molecule has 196 valence electrons. The molecule has 3 rings (SSSR count). The highest BCUT2D eigenvalue weighted by Gasteiger charge is 2.37. The number of hydrogen-bond donors (Lipinski definition) is 1. The van der Waals surface area contributed by atoms with Crippen molar-refractivity contribution in [2.24, 2.45) is 11.3 Å². The van der Waals surface area contributed by atoms with Crippen molar-refractivity contribution in [1.29, 1.82) is 5.26 Å². The first-order valence-corrected chi connectivity index (χ1v) is 13.8. The minimum Gasteiger partial charge on any atom is -0.385 e. The number of aliphatic hydroxyl groups is 1. The maximum Gasteiger partial charge on any atom is 0.133 e. The molecule has 1 heterocycles. The molecule has 0 fully saturated rings. The van der Waals surface area contributed by atoms with Crippen LogP contribution in [-0.4, -0.2) is 33.3 Å². The van der Waals surface area contributed by atoms with Crippen LogP contribution >= 0.6 is 0 Å². The highest BCUT2D eigenvalue weighted by Crippen LogP contribution is 2.42. The summed E-state index contributed by atoms with van der Waals surface area (Å²) in [6.45, 7) is 16.4. The Morgan fingerprint density at radius 2 is 1.86 bits per heavy atom. The molecule has 1 aromatic carbocycles. The smallest absolute Gasteiger partial charge is 0.133 e. The SMILES string of the molecule is CCCCN(CCCC)c1ccc2nc(/C=C/C3=CC(O)(CC#N)CC(C)(C)C3)n(CC(C)C)c2c1. The monoisotopic (exact) mass is 490 g/mol. The first-order chi connectivity index (χ1) is 17.1. The van der Waals surface area contributed by atoms with Gasteiger partial charge in [0.2, 0.25) is 0 Å². The summed E-state index contributed by atoms with van der Waals surface area (Å²) in [7, 11) is 0. The lowest BCUT2D eigenvalue weighted by atomic mass is 9.70. The van der Waals surface area contributed by atoms with Crippen molar-refractivity contribution in [2.45, 2.75) is 98.6 Å². The largest absolute Gasteiger partial charge is 0.385 e. The molecular formula is C31H46N4O. The van der Waals surface area contributed by atoms with Crippen molar-refractivity contribution in [2.75, 3.05) is 18.0 Å². The van der Waals surface area contributed by atoms with Crippen molar-refractivity contribution in [1.82, 2.24) is 9.55 Å². The van der Waals surface area contributed by atoms with E-state index in [2.05, 4.69) is 87.4 Å². The van der Waals surface area contributed by atoms with Crippen LogP contribution in [0.25, 0.3) is 17.1 Å². The third-order valence-corrected chi connectivity index (χ3v) is 6.99. The van der Waals surface area contributed by atoms with Crippen LogP contribution in [0.2, 0.25) is 0 Å². The fourth-order valence-electron chi connectivity index (χ4n) is 5.51. The van der Waals surface area contributed by atoms with Gasteiger partial charge in [-0.15, -0.1) is 0 Å². The van der Waals surface area contributed by atoms with Crippen molar-refractivity contribution in [3.8, 4) is 6.07 Å². The third kappa shape index (κ3) is 7.23. The number of imidazole rings is 1. The molecule has 0 bridgehead atoms. The van der Waals surface area contributed by atoms with Crippen molar-refractivity contribution in [3.63, 3.8) is 0 Å². The van der Waals surface area contributed by atoms with E-state index in [1.54, 1.807) is 0 Å². The number of rotatable bonds is 12. The molecule has 0 amide bonds. The number of anilines is 1. The van der Waals surface area contributed by atoms with E-state index >= 15 is 0 Å². The minimum absolute atomic E-state index is 0.0621. The maximum atomic E-state index is 11.0. The molecule has 36 heavy (non-hydrogen) atoms. The number of allylic oxidation sites excluding steroid dienone is 2. The molecule has 1 unspecified atom stereocenters. The second kappa shape index (κ2) is 12.1. The van der Waals surface area contributed by atoms with Gasteiger partial charge in [-0.1, -0.05) is 60.5 Å². The summed E-state index contributed by atoms with van der Waals surface area (Å²) in [5.74, 6) is 1.43. The molecular weight excluding hydrogens is 444 g/mol. The quantitative estimate of drug-likeness (QED) is 0.334. The van der Waals surface area contributed by atoms with E-state index in [-0.39, 0.29) is 11.8 Å². The number of fused-ring (bicyclic) bond motifs is 1. The second-order valence-electron chi connectivity index (χ2n) is 11.9. The Bertz CT molecular complexity index is 1110. The van der Waals surface area contributed by atoms with Crippen LogP contribution in [0.3, 0.4) is 0 Å². The number of hydrogen-bond acceptors (Lipinski definition) is 4. The van der Waals surface area contributed by atoms with Gasteiger partial charge >= 0.3 is 0 Å². The van der Waals surface area contributed by atoms with E-state index < -0.39 is 5.60 Å². The zero-order valence-corrected chi connectivity index (χ0v) is 23.3. The van der Waals surface area contributed by atoms with E-state index in [1.165, 1.54) is 36.9 Å². The summed E-state index contributed by atoms with van der Waals surface area (Å²) in [6.07, 6.45) is 12.5. The molecule has 1 aliphatic carbocycles. The number of aromatic nitrogens is 2. The molecule has 0 aliphatic heterocycles. The lowest BCUT2D eigenvalue weighted by Crippen LogP contribution is -2.36. The van der Waals surface area contributed by atoms with Gasteiger partial charge in [0.15, 0.2) is 0 Å². The summed E-state index contributed by atoms with van der Waals surface area (Å²) in [5.41, 5.74) is 3.42. The van der Waals surface area contributed by atoms with E-state index in [4.69, 9.17) is 4.98 Å². The van der Waals surface area contributed by atoms with Crippen LogP contribution < -0.4 is 4.90 Å². The Kier molecular flexibility index (Phi) is 9.41. The summed E-state index contributed by atoms with van der Waals surface area (Å²) in [6, 6.07) is 8.87. The molecule has 5 nitrogen and oxygen atoms in total. The van der Waals surface area contributed by atoms with Gasteiger partial charge in [-0.05, 0) is 72.9 Å². The van der Waals surface area contributed by atoms with Gasteiger partial charge in [-0.25, -0.2) is 4.98 Å². The molecule has 1 aromatic heterocycles. The van der Waals surface area contributed by atoms with Crippen molar-refractivity contribution >= 4 is 22.8 Å². The lowest BCUT2D eigenvalue weighted by Gasteiger charge is -2.38. The number of nitrogens with zero attached hydrogens (tertiary/aromatic N) is 4. The van der Waals surface area contributed by atoms with Crippen LogP contribution in [0.5, 0.6) is 0 Å². The Balaban J connectivity index is 2.00. The maximum absolute atomic E-state index is 11.0. The van der Waals surface area contributed by atoms with Crippen molar-refractivity contribution in [3.05, 3.63) is 41.7 Å². The molecule has 1 N–H and O–H groups in total. The number of benzene rings is 1. The summed E-state index contributed by atoms with van der Waals surface area (Å²) < 4.78 is 2.34. The van der Waals surface area contributed by atoms with Gasteiger partial charge in [0.1, 0.15) is 5.82 Å². The summed E-state index contributed by atoms with van der Waals surface area (Å²) in [5, 5.41) is 20.2. The molecule has 0 spiro atoms. The zero-order chi connectivity index (χ0) is 26.3. The third-order valence-electron chi connectivity index (χ3n) is 6.99. The lowest BCUT2D eigenvalue weighted by molar-refractivity contribution is 0.0360. The van der Waals surface area contributed by atoms with Gasteiger partial charge in [0.25, 0.3) is 0 Å². The van der Waals surface area contributed by atoms with Crippen LogP contribution in [0.15, 0.2) is 35.9 Å². The topological polar surface area (TPSA) is 65.1 Å². The summed E-state index contributed by atoms with van der Waals surface area (Å²) in [4.78, 5) is 7.53. The van der Waals surface area contributed by atoms with Crippen LogP contribution in [-0.2, 0) is 6.54 Å². The second-order valence-corrected chi connectivity index (χ2v) is 11.9. The fraction of sp³-hybridized carbons (Fsp3) is 0.613. The van der Waals surface area contributed by atoms with Crippen LogP contribution in [0.1, 0.15) is 92.3 Å². The normalized spacial score (nSPS) is 19.7. The molecule has 0 saturated heterocycles. The average molecular weight is 491 g/mol. The van der Waals surface area contributed by atoms with Gasteiger partial charge in [0, 0.05) is 25.3 Å². The predicted octanol–water partition coefficient (Wildman–Crippen LogP) is 7.50. The zero-order valence-electron chi connectivity index (χ0n) is 23.3. The van der Waals surface area contributed by atoms with Crippen LogP contribution in [0, 0.1) is 22.7 Å². The average Bonchev–Trinajstić information content (AvgIpc) is 3.12. The molecule has 5 heteroatoms. The Morgan fingerprint density at radius 3 is 2.47 bits per heavy atom. The standard InChI is InChI=1S/C31H46N4O/c1-7-9-17-34(18-10-8-2)26-12-13-27-28(19-26)35(22-24(3)4)29(33-27)14-11-25-20-30(5,6)23-31(36,21-25)15-16-32/h11-14,19,21,24,36H,7-10,15,17-18,20,22-23H2,1-6H3/b14-11+. The molecule has 1 aliphatic rings. The number of unbranched alkanes of at least 4 members (excludes halogenated alkanes) is 2. The van der Waals surface area contributed by atoms with E-state index in [9.17, 15) is 10.4 Å². The first kappa shape index (κ1) is 28.0. The molecule has 1 atom stereocenters. The molecule has 2 aromatic rings. The minimum atomic E-state index is -1.07. The van der Waals surface area contributed by atoms with Crippen molar-refractivity contribution < 1.29 is 5.11 Å². The molecule has 0 saturated carbocycles. The van der Waals surface area contributed by atoms with Gasteiger partial charge in [-0.3, -0.25) is 0 Å². The Hall–Kier alpha value is -2.58. The van der Waals surface area contributed by atoms with E-state index in [0.717, 1.165) is 43.0 Å². The highest BCUT2D eigenvalue weighted by molar-refractivity contribution is 5.82. The predicted molar refractivity (Wildman–Crippen MR) is 152 cm³/mol. The number of nitriles is 1. The van der Waals surface area contributed by atoms with Crippen LogP contribution in [0.4, 0.5) is 5.69 Å². The first-order valence-electron chi connectivity index (χ1n) is 13.8. The summed E-state index contributed by atoms with van der Waals surface area (Å²) >= 11 is 0. The van der Waals surface area contributed by atoms with E-state index in [1.807, 2.05) is 6.08 Å². The molecule has 0 radical (unpaired) electrons. The van der Waals surface area contributed by atoms with Gasteiger partial charge in [-0.2, -0.15) is 5.26 Å². The fourth-order valence-corrected chi connectivity index (χ4v) is 5.51. The van der Waals surface area contributed by atoms with E-state index in [0.29, 0.717) is 12.3 Å². The highest BCUT2D eigenvalue weighted by atomic mass is 16.3. The Morgan fingerprint density at radius 1 is 1.17 bits per heavy atom. The van der Waals surface area contributed by atoms with Gasteiger partial charge in [0.05, 0.1) is 29.1 Å². The van der Waals surface area contributed by atoms with Gasteiger partial charge < -0.3 is 14.6 Å².